The Bertz CT molecular complexity index is 533. The molecule has 2 rings (SSSR count). The van der Waals surface area contributed by atoms with E-state index in [0.29, 0.717) is 25.2 Å². The number of hydrogen-bond donors (Lipinski definition) is 2. The first-order valence-corrected chi connectivity index (χ1v) is 8.21. The Labute approximate surface area is 136 Å². The summed E-state index contributed by atoms with van der Waals surface area (Å²) >= 11 is 0. The van der Waals surface area contributed by atoms with Crippen LogP contribution in [0, 0.1) is 5.82 Å². The van der Waals surface area contributed by atoms with Crippen molar-refractivity contribution in [2.45, 2.75) is 38.6 Å². The Balaban J connectivity index is 2.00. The third-order valence-electron chi connectivity index (χ3n) is 3.97. The van der Waals surface area contributed by atoms with E-state index in [1.165, 1.54) is 17.0 Å². The Morgan fingerprint density at radius 2 is 2.04 bits per heavy atom. The number of nitrogens with zero attached hydrogens (tertiary/aromatic N) is 1. The molecule has 3 amide bonds. The van der Waals surface area contributed by atoms with Gasteiger partial charge in [0.05, 0.1) is 0 Å². The molecule has 126 valence electrons. The van der Waals surface area contributed by atoms with E-state index in [4.69, 9.17) is 0 Å². The second-order valence-corrected chi connectivity index (χ2v) is 5.73. The summed E-state index contributed by atoms with van der Waals surface area (Å²) in [6, 6.07) is 4.75. The largest absolute Gasteiger partial charge is 0.352 e. The average Bonchev–Trinajstić information content (AvgIpc) is 2.55. The first-order valence-electron chi connectivity index (χ1n) is 8.21. The molecule has 1 unspecified atom stereocenters. The maximum atomic E-state index is 13.1. The van der Waals surface area contributed by atoms with Gasteiger partial charge in [-0.05, 0) is 24.1 Å². The molecule has 0 saturated carbocycles. The van der Waals surface area contributed by atoms with Gasteiger partial charge >= 0.3 is 6.03 Å². The number of nitrogens with one attached hydrogen (secondary N) is 2. The minimum absolute atomic E-state index is 0.232. The highest BCUT2D eigenvalue weighted by molar-refractivity contribution is 5.89. The molecule has 2 N–H and O–H groups in total. The lowest BCUT2D eigenvalue weighted by atomic mass is 10.0. The third-order valence-corrected chi connectivity index (χ3v) is 3.97. The Morgan fingerprint density at radius 1 is 1.30 bits per heavy atom. The van der Waals surface area contributed by atoms with Crippen molar-refractivity contribution in [2.24, 2.45) is 0 Å². The minimum atomic E-state index is -0.708. The van der Waals surface area contributed by atoms with Gasteiger partial charge < -0.3 is 15.5 Å². The Hall–Kier alpha value is -2.11. The summed E-state index contributed by atoms with van der Waals surface area (Å²) in [7, 11) is 0. The molecule has 0 bridgehead atoms. The van der Waals surface area contributed by atoms with E-state index in [1.54, 1.807) is 12.1 Å². The number of amides is 3. The highest BCUT2D eigenvalue weighted by atomic mass is 19.1. The van der Waals surface area contributed by atoms with Crippen molar-refractivity contribution in [1.82, 2.24) is 15.5 Å². The second kappa shape index (κ2) is 8.50. The van der Waals surface area contributed by atoms with Crippen LogP contribution in [0.5, 0.6) is 0 Å². The lowest BCUT2D eigenvalue weighted by Gasteiger charge is -2.35. The molecule has 1 aliphatic heterocycles. The fourth-order valence-corrected chi connectivity index (χ4v) is 2.71. The molecule has 5 nitrogen and oxygen atoms in total. The van der Waals surface area contributed by atoms with Gasteiger partial charge in [0, 0.05) is 19.6 Å². The van der Waals surface area contributed by atoms with Crippen LogP contribution >= 0.6 is 0 Å². The van der Waals surface area contributed by atoms with Crippen LogP contribution < -0.4 is 10.6 Å². The van der Waals surface area contributed by atoms with Crippen LogP contribution in [-0.2, 0) is 4.79 Å². The van der Waals surface area contributed by atoms with E-state index >= 15 is 0 Å². The fourth-order valence-electron chi connectivity index (χ4n) is 2.71. The molecule has 1 atom stereocenters. The predicted octanol–water partition coefficient (Wildman–Crippen LogP) is 2.59. The number of carbonyl (C=O) groups is 2. The van der Waals surface area contributed by atoms with Gasteiger partial charge in [-0.3, -0.25) is 4.79 Å². The van der Waals surface area contributed by atoms with Crippen LogP contribution in [0.2, 0.25) is 0 Å². The van der Waals surface area contributed by atoms with Gasteiger partial charge in [0.15, 0.2) is 0 Å². The van der Waals surface area contributed by atoms with Crippen LogP contribution in [0.1, 0.15) is 44.2 Å². The van der Waals surface area contributed by atoms with Crippen LogP contribution in [0.25, 0.3) is 0 Å². The molecule has 1 aromatic rings. The van der Waals surface area contributed by atoms with Crippen molar-refractivity contribution in [3.8, 4) is 0 Å². The Kier molecular flexibility index (Phi) is 6.38. The number of unbranched alkanes of at least 4 members (excludes halogenated alkanes) is 3. The lowest BCUT2D eigenvalue weighted by Crippen LogP contribution is -2.54. The number of carbonyl (C=O) groups excluding carboxylic acids is 2. The molecule has 1 saturated heterocycles. The summed E-state index contributed by atoms with van der Waals surface area (Å²) in [6.45, 7) is 3.61. The van der Waals surface area contributed by atoms with Gasteiger partial charge in [-0.25, -0.2) is 9.18 Å². The fraction of sp³-hybridized carbons (Fsp3) is 0.529. The molecule has 0 spiro atoms. The molecule has 23 heavy (non-hydrogen) atoms. The molecule has 6 heteroatoms. The van der Waals surface area contributed by atoms with Crippen LogP contribution in [0.3, 0.4) is 0 Å². The number of benzene rings is 1. The van der Waals surface area contributed by atoms with Crippen LogP contribution in [0.4, 0.5) is 9.18 Å². The van der Waals surface area contributed by atoms with Crippen molar-refractivity contribution in [2.75, 3.05) is 19.6 Å². The molecule has 0 radical (unpaired) electrons. The maximum absolute atomic E-state index is 13.1. The van der Waals surface area contributed by atoms with Gasteiger partial charge in [0.2, 0.25) is 5.91 Å². The third kappa shape index (κ3) is 4.68. The van der Waals surface area contributed by atoms with Gasteiger partial charge in [0.1, 0.15) is 11.9 Å². The lowest BCUT2D eigenvalue weighted by molar-refractivity contribution is -0.127. The standard InChI is InChI=1S/C17H24FN3O2/c1-2-3-4-5-10-20-17(23)21-12-11-19-16(22)15(21)13-6-8-14(18)9-7-13/h6-9,15H,2-5,10-12H2,1H3,(H,19,22)(H,20,23). The zero-order valence-electron chi connectivity index (χ0n) is 13.5. The van der Waals surface area contributed by atoms with E-state index in [9.17, 15) is 14.0 Å². The summed E-state index contributed by atoms with van der Waals surface area (Å²) in [5.41, 5.74) is 0.615. The van der Waals surface area contributed by atoms with E-state index in [2.05, 4.69) is 17.6 Å². The number of hydrogen-bond acceptors (Lipinski definition) is 2. The van der Waals surface area contributed by atoms with E-state index in [0.717, 1.165) is 25.7 Å². The number of rotatable bonds is 6. The summed E-state index contributed by atoms with van der Waals surface area (Å²) in [5.74, 6) is -0.596. The summed E-state index contributed by atoms with van der Waals surface area (Å²) in [6.07, 6.45) is 4.31. The molecular weight excluding hydrogens is 297 g/mol. The summed E-state index contributed by atoms with van der Waals surface area (Å²) in [5, 5.41) is 5.64. The van der Waals surface area contributed by atoms with Crippen molar-refractivity contribution in [1.29, 1.82) is 0 Å². The minimum Gasteiger partial charge on any atom is -0.352 e. The summed E-state index contributed by atoms with van der Waals surface area (Å²) < 4.78 is 13.1. The molecule has 1 aliphatic rings. The van der Waals surface area contributed by atoms with Gasteiger partial charge in [0.25, 0.3) is 0 Å². The zero-order chi connectivity index (χ0) is 16.7. The highest BCUT2D eigenvalue weighted by Gasteiger charge is 2.34. The van der Waals surface area contributed by atoms with Gasteiger partial charge in [-0.15, -0.1) is 0 Å². The van der Waals surface area contributed by atoms with E-state index in [1.807, 2.05) is 0 Å². The SMILES string of the molecule is CCCCCCNC(=O)N1CCNC(=O)C1c1ccc(F)cc1. The van der Waals surface area contributed by atoms with Gasteiger partial charge in [-0.2, -0.15) is 0 Å². The molecule has 1 heterocycles. The average molecular weight is 321 g/mol. The predicted molar refractivity (Wildman–Crippen MR) is 86.4 cm³/mol. The van der Waals surface area contributed by atoms with Gasteiger partial charge in [-0.1, -0.05) is 38.3 Å². The molecule has 0 aromatic heterocycles. The number of halogens is 1. The van der Waals surface area contributed by atoms with Crippen molar-refractivity contribution in [3.05, 3.63) is 35.6 Å². The molecule has 1 aromatic carbocycles. The maximum Gasteiger partial charge on any atom is 0.318 e. The first kappa shape index (κ1) is 17.2. The van der Waals surface area contributed by atoms with E-state index in [-0.39, 0.29) is 17.8 Å². The van der Waals surface area contributed by atoms with Crippen molar-refractivity contribution in [3.63, 3.8) is 0 Å². The number of urea groups is 1. The smallest absolute Gasteiger partial charge is 0.318 e. The Morgan fingerprint density at radius 3 is 2.74 bits per heavy atom. The molecular formula is C17H24FN3O2. The highest BCUT2D eigenvalue weighted by Crippen LogP contribution is 2.23. The zero-order valence-corrected chi connectivity index (χ0v) is 13.5. The van der Waals surface area contributed by atoms with Crippen LogP contribution in [0.15, 0.2) is 24.3 Å². The van der Waals surface area contributed by atoms with E-state index < -0.39 is 6.04 Å². The molecule has 0 aliphatic carbocycles. The first-order chi connectivity index (χ1) is 11.1. The summed E-state index contributed by atoms with van der Waals surface area (Å²) in [4.78, 5) is 26.1. The van der Waals surface area contributed by atoms with Crippen molar-refractivity contribution >= 4 is 11.9 Å². The normalized spacial score (nSPS) is 17.7. The van der Waals surface area contributed by atoms with Crippen molar-refractivity contribution < 1.29 is 14.0 Å². The van der Waals surface area contributed by atoms with Crippen LogP contribution in [-0.4, -0.2) is 36.5 Å². The topological polar surface area (TPSA) is 61.4 Å². The molecule has 1 fully saturated rings. The quantitative estimate of drug-likeness (QED) is 0.791. The number of piperazine rings is 1. The second-order valence-electron chi connectivity index (χ2n) is 5.73. The monoisotopic (exact) mass is 321 g/mol.